The molecule has 88 valence electrons. The predicted molar refractivity (Wildman–Crippen MR) is 73.0 cm³/mol. The standard InChI is InChI=1S/C17H14O/c1-2-6-12-8-5-9-14-11-13-7-3-4-10-15(13)17(18)16(12)14/h2-5,7-10H,1,6,11H2. The van der Waals surface area contributed by atoms with E-state index in [1.807, 2.05) is 42.5 Å². The highest BCUT2D eigenvalue weighted by Crippen LogP contribution is 2.29. The Bertz CT molecular complexity index is 638. The molecule has 0 saturated carbocycles. The molecule has 0 heterocycles. The summed E-state index contributed by atoms with van der Waals surface area (Å²) in [5.74, 6) is 0.157. The molecule has 0 spiro atoms. The van der Waals surface area contributed by atoms with Crippen LogP contribution in [0.2, 0.25) is 0 Å². The molecule has 0 unspecified atom stereocenters. The van der Waals surface area contributed by atoms with Crippen LogP contribution in [0.25, 0.3) is 0 Å². The van der Waals surface area contributed by atoms with Gasteiger partial charge in [0.2, 0.25) is 0 Å². The lowest BCUT2D eigenvalue weighted by molar-refractivity contribution is 0.103. The van der Waals surface area contributed by atoms with E-state index in [-0.39, 0.29) is 5.78 Å². The van der Waals surface area contributed by atoms with Gasteiger partial charge in [0.1, 0.15) is 0 Å². The van der Waals surface area contributed by atoms with Gasteiger partial charge in [0, 0.05) is 11.1 Å². The fourth-order valence-electron chi connectivity index (χ4n) is 2.65. The number of rotatable bonds is 2. The Morgan fingerprint density at radius 2 is 1.83 bits per heavy atom. The second-order valence-corrected chi connectivity index (χ2v) is 4.61. The molecule has 1 aliphatic rings. The number of ketones is 1. The lowest BCUT2D eigenvalue weighted by atomic mass is 9.82. The average Bonchev–Trinajstić information content (AvgIpc) is 2.39. The van der Waals surface area contributed by atoms with Crippen LogP contribution in [0, 0.1) is 0 Å². The highest BCUT2D eigenvalue weighted by atomic mass is 16.1. The van der Waals surface area contributed by atoms with Gasteiger partial charge in [-0.1, -0.05) is 48.5 Å². The lowest BCUT2D eigenvalue weighted by Gasteiger charge is -2.20. The Morgan fingerprint density at radius 3 is 2.67 bits per heavy atom. The van der Waals surface area contributed by atoms with Gasteiger partial charge >= 0.3 is 0 Å². The fourth-order valence-corrected chi connectivity index (χ4v) is 2.65. The van der Waals surface area contributed by atoms with Crippen molar-refractivity contribution in [3.05, 3.63) is 82.9 Å². The van der Waals surface area contributed by atoms with Crippen LogP contribution in [0.15, 0.2) is 55.1 Å². The molecule has 0 fully saturated rings. The van der Waals surface area contributed by atoms with Gasteiger partial charge in [-0.2, -0.15) is 0 Å². The topological polar surface area (TPSA) is 17.1 Å². The minimum absolute atomic E-state index is 0.157. The minimum atomic E-state index is 0.157. The molecular formula is C17H14O. The van der Waals surface area contributed by atoms with E-state index in [1.165, 1.54) is 0 Å². The van der Waals surface area contributed by atoms with E-state index >= 15 is 0 Å². The first-order chi connectivity index (χ1) is 8.81. The molecular weight excluding hydrogens is 220 g/mol. The van der Waals surface area contributed by atoms with E-state index in [9.17, 15) is 4.79 Å². The maximum atomic E-state index is 12.6. The molecule has 18 heavy (non-hydrogen) atoms. The van der Waals surface area contributed by atoms with Gasteiger partial charge in [-0.25, -0.2) is 0 Å². The summed E-state index contributed by atoms with van der Waals surface area (Å²) in [6, 6.07) is 14.0. The van der Waals surface area contributed by atoms with Crippen molar-refractivity contribution in [3.63, 3.8) is 0 Å². The maximum absolute atomic E-state index is 12.6. The molecule has 1 aliphatic carbocycles. The molecule has 0 bridgehead atoms. The van der Waals surface area contributed by atoms with Crippen LogP contribution in [0.1, 0.15) is 32.6 Å². The molecule has 1 heteroatoms. The van der Waals surface area contributed by atoms with E-state index in [4.69, 9.17) is 0 Å². The zero-order valence-electron chi connectivity index (χ0n) is 10.1. The summed E-state index contributed by atoms with van der Waals surface area (Å²) in [5.41, 5.74) is 5.09. The van der Waals surface area contributed by atoms with Crippen LogP contribution in [-0.2, 0) is 12.8 Å². The molecule has 0 radical (unpaired) electrons. The second kappa shape index (κ2) is 4.26. The summed E-state index contributed by atoms with van der Waals surface area (Å²) in [6.45, 7) is 3.76. The highest BCUT2D eigenvalue weighted by molar-refractivity contribution is 6.13. The van der Waals surface area contributed by atoms with Crippen molar-refractivity contribution in [2.75, 3.05) is 0 Å². The SMILES string of the molecule is C=CCc1cccc2c1C(=O)c1ccccc1C2. The Labute approximate surface area is 107 Å². The summed E-state index contributed by atoms with van der Waals surface area (Å²) >= 11 is 0. The molecule has 0 atom stereocenters. The zero-order valence-corrected chi connectivity index (χ0v) is 10.1. The van der Waals surface area contributed by atoms with E-state index in [0.717, 1.165) is 40.7 Å². The average molecular weight is 234 g/mol. The molecule has 0 amide bonds. The summed E-state index contributed by atoms with van der Waals surface area (Å²) in [5, 5.41) is 0. The largest absolute Gasteiger partial charge is 0.289 e. The molecule has 1 nitrogen and oxygen atoms in total. The van der Waals surface area contributed by atoms with Gasteiger partial charge in [0.25, 0.3) is 0 Å². The number of hydrogen-bond acceptors (Lipinski definition) is 1. The summed E-state index contributed by atoms with van der Waals surface area (Å²) in [4.78, 5) is 12.6. The van der Waals surface area contributed by atoms with Gasteiger partial charge < -0.3 is 0 Å². The van der Waals surface area contributed by atoms with Crippen molar-refractivity contribution < 1.29 is 4.79 Å². The van der Waals surface area contributed by atoms with Crippen LogP contribution >= 0.6 is 0 Å². The number of allylic oxidation sites excluding steroid dienone is 1. The second-order valence-electron chi connectivity index (χ2n) is 4.61. The van der Waals surface area contributed by atoms with E-state index in [0.29, 0.717) is 0 Å². The number of carbonyl (C=O) groups is 1. The van der Waals surface area contributed by atoms with E-state index in [2.05, 4.69) is 12.6 Å². The maximum Gasteiger partial charge on any atom is 0.193 e. The van der Waals surface area contributed by atoms with Crippen molar-refractivity contribution >= 4 is 5.78 Å². The van der Waals surface area contributed by atoms with Gasteiger partial charge in [-0.3, -0.25) is 4.79 Å². The number of fused-ring (bicyclic) bond motifs is 2. The molecule has 0 aromatic heterocycles. The van der Waals surface area contributed by atoms with Crippen molar-refractivity contribution in [1.29, 1.82) is 0 Å². The van der Waals surface area contributed by atoms with Crippen molar-refractivity contribution in [2.24, 2.45) is 0 Å². The molecule has 2 aromatic rings. The van der Waals surface area contributed by atoms with Crippen molar-refractivity contribution in [3.8, 4) is 0 Å². The van der Waals surface area contributed by atoms with E-state index < -0.39 is 0 Å². The molecule has 0 saturated heterocycles. The highest BCUT2D eigenvalue weighted by Gasteiger charge is 2.24. The molecule has 0 N–H and O–H groups in total. The van der Waals surface area contributed by atoms with Crippen LogP contribution in [0.3, 0.4) is 0 Å². The lowest BCUT2D eigenvalue weighted by Crippen LogP contribution is -2.17. The van der Waals surface area contributed by atoms with Crippen LogP contribution in [-0.4, -0.2) is 5.78 Å². The monoisotopic (exact) mass is 234 g/mol. The smallest absolute Gasteiger partial charge is 0.193 e. The van der Waals surface area contributed by atoms with Crippen molar-refractivity contribution in [2.45, 2.75) is 12.8 Å². The number of benzene rings is 2. The fraction of sp³-hybridized carbons (Fsp3) is 0.118. The normalized spacial score (nSPS) is 12.8. The predicted octanol–water partition coefficient (Wildman–Crippen LogP) is 3.55. The third kappa shape index (κ3) is 1.60. The number of hydrogen-bond donors (Lipinski definition) is 0. The summed E-state index contributed by atoms with van der Waals surface area (Å²) in [7, 11) is 0. The van der Waals surface area contributed by atoms with Crippen LogP contribution in [0.4, 0.5) is 0 Å². The third-order valence-electron chi connectivity index (χ3n) is 3.47. The Hall–Kier alpha value is -2.15. The van der Waals surface area contributed by atoms with E-state index in [1.54, 1.807) is 0 Å². The Morgan fingerprint density at radius 1 is 1.06 bits per heavy atom. The molecule has 0 aliphatic heterocycles. The Kier molecular flexibility index (Phi) is 2.60. The summed E-state index contributed by atoms with van der Waals surface area (Å²) < 4.78 is 0. The first kappa shape index (κ1) is 11.0. The third-order valence-corrected chi connectivity index (χ3v) is 3.47. The minimum Gasteiger partial charge on any atom is -0.289 e. The van der Waals surface area contributed by atoms with Crippen molar-refractivity contribution in [1.82, 2.24) is 0 Å². The zero-order chi connectivity index (χ0) is 12.5. The Balaban J connectivity index is 2.20. The van der Waals surface area contributed by atoms with Gasteiger partial charge in [0.15, 0.2) is 5.78 Å². The van der Waals surface area contributed by atoms with Gasteiger partial charge in [-0.15, -0.1) is 6.58 Å². The molecule has 3 rings (SSSR count). The summed E-state index contributed by atoms with van der Waals surface area (Å²) in [6.07, 6.45) is 3.45. The van der Waals surface area contributed by atoms with Crippen LogP contribution in [0.5, 0.6) is 0 Å². The first-order valence-corrected chi connectivity index (χ1v) is 6.15. The van der Waals surface area contributed by atoms with Gasteiger partial charge in [-0.05, 0) is 29.5 Å². The number of carbonyl (C=O) groups excluding carboxylic acids is 1. The first-order valence-electron chi connectivity index (χ1n) is 6.15. The van der Waals surface area contributed by atoms with Crippen LogP contribution < -0.4 is 0 Å². The molecule has 2 aromatic carbocycles. The van der Waals surface area contributed by atoms with Gasteiger partial charge in [0.05, 0.1) is 0 Å². The quantitative estimate of drug-likeness (QED) is 0.620.